The summed E-state index contributed by atoms with van der Waals surface area (Å²) in [6, 6.07) is 4.78. The minimum atomic E-state index is -0.919. The first kappa shape index (κ1) is 19.3. The highest BCUT2D eigenvalue weighted by Crippen LogP contribution is 2.28. The zero-order chi connectivity index (χ0) is 18.1. The molecule has 0 fully saturated rings. The molecule has 1 aromatic rings. The second kappa shape index (κ2) is 9.39. The Hall–Kier alpha value is -2.77. The maximum Gasteiger partial charge on any atom is 0.407 e. The van der Waals surface area contributed by atoms with E-state index in [2.05, 4.69) is 5.32 Å². The molecule has 1 rings (SSSR count). The van der Waals surface area contributed by atoms with Crippen molar-refractivity contribution in [2.24, 2.45) is 5.92 Å². The van der Waals surface area contributed by atoms with Crippen LogP contribution in [0.4, 0.5) is 4.79 Å². The van der Waals surface area contributed by atoms with Gasteiger partial charge in [-0.3, -0.25) is 9.59 Å². The number of methoxy groups -OCH3 is 1. The molecule has 1 atom stereocenters. The highest BCUT2D eigenvalue weighted by atomic mass is 16.6. The number of rotatable bonds is 8. The van der Waals surface area contributed by atoms with Crippen LogP contribution >= 0.6 is 0 Å². The lowest BCUT2D eigenvalue weighted by atomic mass is 10.1. The maximum atomic E-state index is 11.6. The Balaban J connectivity index is 2.50. The Bertz CT molecular complexity index is 600. The van der Waals surface area contributed by atoms with Gasteiger partial charge in [0.25, 0.3) is 0 Å². The van der Waals surface area contributed by atoms with Gasteiger partial charge >= 0.3 is 18.0 Å². The van der Waals surface area contributed by atoms with Crippen molar-refractivity contribution in [3.63, 3.8) is 0 Å². The van der Waals surface area contributed by atoms with Crippen LogP contribution in [0.25, 0.3) is 0 Å². The van der Waals surface area contributed by atoms with E-state index < -0.39 is 18.0 Å². The summed E-state index contributed by atoms with van der Waals surface area (Å²) in [5.74, 6) is -0.953. The van der Waals surface area contributed by atoms with Gasteiger partial charge in [0.1, 0.15) is 6.61 Å². The number of aliphatic carboxylic acids is 1. The van der Waals surface area contributed by atoms with E-state index in [1.54, 1.807) is 25.1 Å². The van der Waals surface area contributed by atoms with Crippen molar-refractivity contribution in [3.05, 3.63) is 23.8 Å². The van der Waals surface area contributed by atoms with Crippen molar-refractivity contribution in [3.8, 4) is 11.5 Å². The summed E-state index contributed by atoms with van der Waals surface area (Å²) in [6.45, 7) is 3.20. The number of amides is 1. The average Bonchev–Trinajstić information content (AvgIpc) is 2.50. The van der Waals surface area contributed by atoms with E-state index in [0.717, 1.165) is 0 Å². The number of carboxylic acid groups (broad SMARTS) is 1. The van der Waals surface area contributed by atoms with E-state index in [1.807, 2.05) is 0 Å². The number of ether oxygens (including phenoxy) is 3. The minimum Gasteiger partial charge on any atom is -0.493 e. The van der Waals surface area contributed by atoms with Gasteiger partial charge in [0.2, 0.25) is 0 Å². The minimum absolute atomic E-state index is 0.00411. The summed E-state index contributed by atoms with van der Waals surface area (Å²) < 4.78 is 15.1. The molecule has 8 heteroatoms. The van der Waals surface area contributed by atoms with Crippen LogP contribution in [-0.4, -0.2) is 36.8 Å². The summed E-state index contributed by atoms with van der Waals surface area (Å²) in [5, 5.41) is 11.1. The fourth-order valence-electron chi connectivity index (χ4n) is 1.87. The number of carbonyl (C=O) groups excluding carboxylic acids is 2. The third-order valence-corrected chi connectivity index (χ3v) is 2.97. The Labute approximate surface area is 139 Å². The molecule has 0 bridgehead atoms. The van der Waals surface area contributed by atoms with E-state index in [1.165, 1.54) is 14.0 Å². The van der Waals surface area contributed by atoms with Crippen LogP contribution in [0.1, 0.15) is 25.8 Å². The first-order valence-corrected chi connectivity index (χ1v) is 7.29. The van der Waals surface area contributed by atoms with Gasteiger partial charge < -0.3 is 24.6 Å². The summed E-state index contributed by atoms with van der Waals surface area (Å²) in [6.07, 6.45) is -0.676. The summed E-state index contributed by atoms with van der Waals surface area (Å²) in [5.41, 5.74) is 0.650. The summed E-state index contributed by atoms with van der Waals surface area (Å²) in [7, 11) is 1.43. The van der Waals surface area contributed by atoms with Gasteiger partial charge in [-0.05, 0) is 23.6 Å². The molecule has 0 aromatic heterocycles. The number of carboxylic acids is 1. The number of carbonyl (C=O) groups is 3. The van der Waals surface area contributed by atoms with Crippen LogP contribution < -0.4 is 14.8 Å². The second-order valence-corrected chi connectivity index (χ2v) is 5.24. The molecular weight excluding hydrogens is 318 g/mol. The molecule has 0 radical (unpaired) electrons. The third kappa shape index (κ3) is 6.99. The average molecular weight is 339 g/mol. The van der Waals surface area contributed by atoms with E-state index >= 15 is 0 Å². The monoisotopic (exact) mass is 339 g/mol. The molecule has 0 saturated carbocycles. The van der Waals surface area contributed by atoms with Gasteiger partial charge in [-0.15, -0.1) is 0 Å². The van der Waals surface area contributed by atoms with Gasteiger partial charge in [-0.1, -0.05) is 13.0 Å². The second-order valence-electron chi connectivity index (χ2n) is 5.24. The van der Waals surface area contributed by atoms with Crippen molar-refractivity contribution < 1.29 is 33.7 Å². The predicted molar refractivity (Wildman–Crippen MR) is 83.9 cm³/mol. The Morgan fingerprint density at radius 2 is 1.96 bits per heavy atom. The lowest BCUT2D eigenvalue weighted by Gasteiger charge is -2.12. The van der Waals surface area contributed by atoms with Crippen LogP contribution in [0.15, 0.2) is 18.2 Å². The maximum absolute atomic E-state index is 11.6. The van der Waals surface area contributed by atoms with Crippen molar-refractivity contribution in [2.75, 3.05) is 13.7 Å². The third-order valence-electron chi connectivity index (χ3n) is 2.97. The van der Waals surface area contributed by atoms with Gasteiger partial charge in [-0.25, -0.2) is 4.79 Å². The zero-order valence-electron chi connectivity index (χ0n) is 13.8. The molecule has 132 valence electrons. The molecule has 1 amide bonds. The van der Waals surface area contributed by atoms with Gasteiger partial charge in [0.15, 0.2) is 11.5 Å². The summed E-state index contributed by atoms with van der Waals surface area (Å²) >= 11 is 0. The molecule has 0 aliphatic heterocycles. The van der Waals surface area contributed by atoms with Gasteiger partial charge in [0.05, 0.1) is 7.11 Å². The Kier molecular flexibility index (Phi) is 7.54. The quantitative estimate of drug-likeness (QED) is 0.550. The molecule has 8 nitrogen and oxygen atoms in total. The molecule has 0 heterocycles. The highest BCUT2D eigenvalue weighted by molar-refractivity contribution is 5.70. The highest BCUT2D eigenvalue weighted by Gasteiger charge is 2.11. The van der Waals surface area contributed by atoms with Gasteiger partial charge in [-0.2, -0.15) is 0 Å². The van der Waals surface area contributed by atoms with Crippen LogP contribution in [0.2, 0.25) is 0 Å². The van der Waals surface area contributed by atoms with Crippen molar-refractivity contribution >= 4 is 18.0 Å². The normalized spacial score (nSPS) is 11.3. The Morgan fingerprint density at radius 3 is 2.54 bits per heavy atom. The standard InChI is InChI=1S/C16H21NO7/c1-10(6-15(19)20)8-17-16(21)23-9-12-4-5-13(24-11(2)18)14(7-12)22-3/h4-5,7,10H,6,8-9H2,1-3H3,(H,17,21)(H,19,20). The molecule has 24 heavy (non-hydrogen) atoms. The molecule has 2 N–H and O–H groups in total. The first-order chi connectivity index (χ1) is 11.3. The fourth-order valence-corrected chi connectivity index (χ4v) is 1.87. The van der Waals surface area contributed by atoms with Crippen molar-refractivity contribution in [2.45, 2.75) is 26.9 Å². The number of hydrogen-bond donors (Lipinski definition) is 2. The van der Waals surface area contributed by atoms with Crippen molar-refractivity contribution in [1.29, 1.82) is 0 Å². The molecule has 0 spiro atoms. The van der Waals surface area contributed by atoms with Crippen LogP contribution in [0.5, 0.6) is 11.5 Å². The predicted octanol–water partition coefficient (Wildman–Crippen LogP) is 1.96. The van der Waals surface area contributed by atoms with Crippen LogP contribution in [0.3, 0.4) is 0 Å². The fraction of sp³-hybridized carbons (Fsp3) is 0.438. The lowest BCUT2D eigenvalue weighted by Crippen LogP contribution is -2.29. The van der Waals surface area contributed by atoms with Crippen LogP contribution in [0, 0.1) is 5.92 Å². The zero-order valence-corrected chi connectivity index (χ0v) is 13.8. The number of nitrogens with one attached hydrogen (secondary N) is 1. The lowest BCUT2D eigenvalue weighted by molar-refractivity contribution is -0.138. The molecule has 0 aliphatic rings. The summed E-state index contributed by atoms with van der Waals surface area (Å²) in [4.78, 5) is 33.1. The Morgan fingerprint density at radius 1 is 1.25 bits per heavy atom. The number of benzene rings is 1. The van der Waals surface area contributed by atoms with Crippen molar-refractivity contribution in [1.82, 2.24) is 5.32 Å². The van der Waals surface area contributed by atoms with Crippen LogP contribution in [-0.2, 0) is 20.9 Å². The topological polar surface area (TPSA) is 111 Å². The molecule has 1 aromatic carbocycles. The van der Waals surface area contributed by atoms with E-state index in [9.17, 15) is 14.4 Å². The molecule has 1 unspecified atom stereocenters. The number of esters is 1. The smallest absolute Gasteiger partial charge is 0.407 e. The SMILES string of the molecule is COc1cc(COC(=O)NCC(C)CC(=O)O)ccc1OC(C)=O. The largest absolute Gasteiger partial charge is 0.493 e. The van der Waals surface area contributed by atoms with E-state index in [-0.39, 0.29) is 31.2 Å². The van der Waals surface area contributed by atoms with E-state index in [4.69, 9.17) is 19.3 Å². The van der Waals surface area contributed by atoms with E-state index in [0.29, 0.717) is 11.3 Å². The molecular formula is C16H21NO7. The number of hydrogen-bond acceptors (Lipinski definition) is 6. The number of alkyl carbamates (subject to hydrolysis) is 1. The van der Waals surface area contributed by atoms with Gasteiger partial charge in [0, 0.05) is 19.9 Å². The first-order valence-electron chi connectivity index (χ1n) is 7.29. The molecule has 0 aliphatic carbocycles. The molecule has 0 saturated heterocycles.